The third-order valence-electron chi connectivity index (χ3n) is 6.99. The van der Waals surface area contributed by atoms with Gasteiger partial charge in [0.15, 0.2) is 0 Å². The van der Waals surface area contributed by atoms with Crippen LogP contribution in [0.4, 0.5) is 0 Å². The van der Waals surface area contributed by atoms with E-state index in [1.165, 1.54) is 11.1 Å². The Balaban J connectivity index is 1.13. The largest absolute Gasteiger partial charge is 0.491 e. The van der Waals surface area contributed by atoms with E-state index >= 15 is 0 Å². The van der Waals surface area contributed by atoms with Crippen molar-refractivity contribution in [1.29, 1.82) is 0 Å². The fourth-order valence-corrected chi connectivity index (χ4v) is 4.89. The molecule has 9 heteroatoms. The number of hydrogen-bond donors (Lipinski definition) is 0. The van der Waals surface area contributed by atoms with Crippen molar-refractivity contribution >= 4 is 0 Å². The summed E-state index contributed by atoms with van der Waals surface area (Å²) < 4.78 is 31.6. The molecule has 7 heterocycles. The maximum Gasteiger partial charge on any atom is 0.244 e. The molecule has 0 atom stereocenters. The summed E-state index contributed by atoms with van der Waals surface area (Å²) in [5.41, 5.74) is 4.48. The highest BCUT2D eigenvalue weighted by atomic mass is 16.6. The molecule has 9 rings (SSSR count). The van der Waals surface area contributed by atoms with Crippen molar-refractivity contribution in [3.63, 3.8) is 0 Å². The normalized spacial score (nSPS) is 15.3. The zero-order valence-corrected chi connectivity index (χ0v) is 23.8. The van der Waals surface area contributed by atoms with Gasteiger partial charge < -0.3 is 18.9 Å². The van der Waals surface area contributed by atoms with E-state index < -0.39 is 0 Å². The lowest BCUT2D eigenvalue weighted by Crippen LogP contribution is -2.31. The van der Waals surface area contributed by atoms with Gasteiger partial charge in [-0.05, 0) is 47.5 Å². The van der Waals surface area contributed by atoms with Gasteiger partial charge in [0, 0.05) is 0 Å². The zero-order valence-electron chi connectivity index (χ0n) is 23.8. The molecule has 4 aliphatic rings. The van der Waals surface area contributed by atoms with Crippen LogP contribution in [0.1, 0.15) is 22.5 Å². The predicted molar refractivity (Wildman–Crippen MR) is 155 cm³/mol. The van der Waals surface area contributed by atoms with Crippen LogP contribution in [0.15, 0.2) is 104 Å². The van der Waals surface area contributed by atoms with E-state index in [0.29, 0.717) is 52.7 Å². The first-order chi connectivity index (χ1) is 20.7. The summed E-state index contributed by atoms with van der Waals surface area (Å²) in [4.78, 5) is 4.93. The average Bonchev–Trinajstić information content (AvgIpc) is 3.64. The highest BCUT2D eigenvalue weighted by Crippen LogP contribution is 2.13. The van der Waals surface area contributed by atoms with Crippen molar-refractivity contribution in [2.75, 3.05) is 39.6 Å². The molecular weight excluding hydrogens is 530 g/mol. The number of ether oxygens (including phenoxy) is 4. The summed E-state index contributed by atoms with van der Waals surface area (Å²) in [5.74, 6) is 1.67. The molecule has 2 aromatic carbocycles. The van der Waals surface area contributed by atoms with Crippen LogP contribution in [-0.4, -0.2) is 53.8 Å². The first-order valence-electron chi connectivity index (χ1n) is 14.4. The number of pyridine rings is 1. The van der Waals surface area contributed by atoms with Gasteiger partial charge in [-0.25, -0.2) is 23.3 Å². The lowest BCUT2D eigenvalue weighted by molar-refractivity contribution is -0.688. The Morgan fingerprint density at radius 1 is 0.548 bits per heavy atom. The Morgan fingerprint density at radius 2 is 1.00 bits per heavy atom. The Labute approximate surface area is 246 Å². The van der Waals surface area contributed by atoms with E-state index in [1.807, 2.05) is 24.3 Å². The van der Waals surface area contributed by atoms with Crippen molar-refractivity contribution in [2.45, 2.75) is 26.2 Å². The molecule has 216 valence electrons. The zero-order chi connectivity index (χ0) is 28.4. The topological polar surface area (TPSA) is 67.4 Å². The molecule has 9 nitrogen and oxygen atoms in total. The highest BCUT2D eigenvalue weighted by molar-refractivity contribution is 5.27. The van der Waals surface area contributed by atoms with E-state index in [-0.39, 0.29) is 0 Å². The molecule has 10 bridgehead atoms. The van der Waals surface area contributed by atoms with E-state index in [9.17, 15) is 0 Å². The van der Waals surface area contributed by atoms with Crippen molar-refractivity contribution in [3.05, 3.63) is 127 Å². The summed E-state index contributed by atoms with van der Waals surface area (Å²) in [6, 6.07) is 22.7. The van der Waals surface area contributed by atoms with Crippen LogP contribution >= 0.6 is 0 Å². The monoisotopic (exact) mass is 567 g/mol. The van der Waals surface area contributed by atoms with Crippen LogP contribution in [0.3, 0.4) is 0 Å². The first kappa shape index (κ1) is 27.7. The second-order valence-electron chi connectivity index (χ2n) is 10.3. The molecule has 0 saturated carbocycles. The molecule has 3 aromatic heterocycles. The van der Waals surface area contributed by atoms with Crippen LogP contribution in [0, 0.1) is 0 Å². The number of benzene rings is 2. The van der Waals surface area contributed by atoms with Gasteiger partial charge in [0.1, 0.15) is 75.7 Å². The minimum atomic E-state index is 0.495. The van der Waals surface area contributed by atoms with Gasteiger partial charge in [-0.15, -0.1) is 0 Å². The van der Waals surface area contributed by atoms with Crippen molar-refractivity contribution in [1.82, 2.24) is 14.1 Å². The molecule has 42 heavy (non-hydrogen) atoms. The highest BCUT2D eigenvalue weighted by Gasteiger charge is 2.11. The minimum Gasteiger partial charge on any atom is -0.491 e. The molecular formula is C33H37N5O4+2. The fraction of sp³-hybridized carbons (Fsp3) is 0.303. The number of rotatable bonds is 0. The summed E-state index contributed by atoms with van der Waals surface area (Å²) in [7, 11) is 0. The van der Waals surface area contributed by atoms with Crippen LogP contribution < -0.4 is 18.6 Å². The molecule has 0 saturated heterocycles. The van der Waals surface area contributed by atoms with E-state index in [2.05, 4.69) is 98.2 Å². The van der Waals surface area contributed by atoms with Gasteiger partial charge >= 0.3 is 0 Å². The average molecular weight is 568 g/mol. The van der Waals surface area contributed by atoms with Crippen molar-refractivity contribution < 1.29 is 28.1 Å². The summed E-state index contributed by atoms with van der Waals surface area (Å²) in [6.07, 6.45) is 12.6. The quantitative estimate of drug-likeness (QED) is 0.269. The van der Waals surface area contributed by atoms with Crippen LogP contribution in [0.25, 0.3) is 0 Å². The van der Waals surface area contributed by atoms with Gasteiger partial charge in [0.2, 0.25) is 12.7 Å². The van der Waals surface area contributed by atoms with E-state index in [0.717, 1.165) is 36.0 Å². The molecule has 5 aromatic rings. The Kier molecular flexibility index (Phi) is 9.19. The maximum atomic E-state index is 5.82. The van der Waals surface area contributed by atoms with E-state index in [4.69, 9.17) is 23.9 Å². The molecule has 0 aliphatic carbocycles. The fourth-order valence-electron chi connectivity index (χ4n) is 4.89. The third-order valence-corrected chi connectivity index (χ3v) is 6.99. The summed E-state index contributed by atoms with van der Waals surface area (Å²) >= 11 is 0. The number of aromatic nitrogens is 5. The molecule has 0 amide bonds. The van der Waals surface area contributed by atoms with Crippen molar-refractivity contribution in [3.8, 4) is 11.5 Å². The number of imidazole rings is 2. The van der Waals surface area contributed by atoms with Gasteiger partial charge in [-0.3, -0.25) is 0 Å². The van der Waals surface area contributed by atoms with Crippen LogP contribution in [-0.2, 0) is 35.7 Å². The van der Waals surface area contributed by atoms with Gasteiger partial charge in [-0.1, -0.05) is 30.3 Å². The SMILES string of the molecule is c1cc2nc(c1)Cn1cc[n+](c1)Cc1ccc(cc1)OCCOCCOCCOc1ccc(cc1)C[n+]1ccn(c1)C2. The first-order valence-corrected chi connectivity index (χ1v) is 14.4. The molecule has 0 unspecified atom stereocenters. The summed E-state index contributed by atoms with van der Waals surface area (Å²) in [5, 5.41) is 0. The van der Waals surface area contributed by atoms with Gasteiger partial charge in [0.05, 0.1) is 37.8 Å². The Hall–Kier alpha value is -4.47. The molecule has 0 spiro atoms. The second-order valence-corrected chi connectivity index (χ2v) is 10.3. The standard InChI is InChI=1S/C33H37N5O4/c1-2-30-24-37-14-12-35(26-37)22-28-4-8-32(9-5-28)41-20-18-39-16-17-40-19-21-42-33-10-6-29(7-11-33)23-36-13-15-38(27-36)25-31(3-1)34-30/h1-15,26-27H,16-25H2/q+2. The Bertz CT molecular complexity index is 1430. The van der Waals surface area contributed by atoms with E-state index in [1.54, 1.807) is 0 Å². The minimum absolute atomic E-state index is 0.495. The summed E-state index contributed by atoms with van der Waals surface area (Å²) in [6.45, 7) is 6.06. The Morgan fingerprint density at radius 3 is 1.48 bits per heavy atom. The third kappa shape index (κ3) is 8.05. The lowest BCUT2D eigenvalue weighted by Gasteiger charge is -2.09. The van der Waals surface area contributed by atoms with Gasteiger partial charge in [-0.2, -0.15) is 0 Å². The second kappa shape index (κ2) is 13.9. The maximum absolute atomic E-state index is 5.82. The van der Waals surface area contributed by atoms with Gasteiger partial charge in [0.25, 0.3) is 0 Å². The van der Waals surface area contributed by atoms with Crippen LogP contribution in [0.2, 0.25) is 0 Å². The molecule has 0 fully saturated rings. The van der Waals surface area contributed by atoms with Crippen molar-refractivity contribution in [2.24, 2.45) is 0 Å². The molecule has 4 aliphatic heterocycles. The smallest absolute Gasteiger partial charge is 0.244 e. The number of nitrogens with zero attached hydrogens (tertiary/aromatic N) is 5. The van der Waals surface area contributed by atoms with Crippen LogP contribution in [0.5, 0.6) is 11.5 Å². The number of hydrogen-bond acceptors (Lipinski definition) is 5. The lowest BCUT2D eigenvalue weighted by atomic mass is 10.2. The predicted octanol–water partition coefficient (Wildman–Crippen LogP) is 3.26. The molecule has 0 N–H and O–H groups in total. The molecule has 0 radical (unpaired) electrons.